The smallest absolute Gasteiger partial charge is 0.0827 e. The minimum atomic E-state index is 0.646. The van der Waals surface area contributed by atoms with Crippen molar-refractivity contribution in [3.63, 3.8) is 0 Å². The Morgan fingerprint density at radius 2 is 2.00 bits per heavy atom. The summed E-state index contributed by atoms with van der Waals surface area (Å²) in [6.45, 7) is 4.20. The van der Waals surface area contributed by atoms with Crippen LogP contribution < -0.4 is 5.32 Å². The molecule has 0 aliphatic carbocycles. The number of thioether (sulfide) groups is 1. The first-order chi connectivity index (χ1) is 7.18. The third-order valence-electron chi connectivity index (χ3n) is 3.08. The zero-order valence-electron chi connectivity index (χ0n) is 9.71. The van der Waals surface area contributed by atoms with Crippen LogP contribution in [0.4, 0.5) is 5.69 Å². The highest BCUT2D eigenvalue weighted by Gasteiger charge is 2.17. The summed E-state index contributed by atoms with van der Waals surface area (Å²) in [5.41, 5.74) is 3.60. The number of rotatable bonds is 2. The second kappa shape index (κ2) is 4.47. The molecule has 1 N–H and O–H groups in total. The van der Waals surface area contributed by atoms with Gasteiger partial charge in [0.2, 0.25) is 0 Å². The molecule has 0 spiro atoms. The van der Waals surface area contributed by atoms with Gasteiger partial charge in [0.25, 0.3) is 0 Å². The van der Waals surface area contributed by atoms with Crippen LogP contribution in [0.15, 0.2) is 0 Å². The lowest BCUT2D eigenvalue weighted by molar-refractivity contribution is 0.665. The van der Waals surface area contributed by atoms with E-state index in [0.717, 1.165) is 5.69 Å². The van der Waals surface area contributed by atoms with Crippen LogP contribution in [0, 0.1) is 13.8 Å². The van der Waals surface area contributed by atoms with Crippen LogP contribution in [-0.4, -0.2) is 27.3 Å². The number of aryl methyl sites for hydroxylation is 2. The van der Waals surface area contributed by atoms with E-state index in [4.69, 9.17) is 0 Å². The van der Waals surface area contributed by atoms with Gasteiger partial charge in [-0.25, -0.2) is 0 Å². The Hall–Kier alpha value is -0.640. The Morgan fingerprint density at radius 1 is 1.33 bits per heavy atom. The van der Waals surface area contributed by atoms with Crippen molar-refractivity contribution in [1.82, 2.24) is 9.78 Å². The first-order valence-electron chi connectivity index (χ1n) is 5.53. The van der Waals surface area contributed by atoms with Crippen molar-refractivity contribution < 1.29 is 0 Å². The Morgan fingerprint density at radius 3 is 2.53 bits per heavy atom. The average molecular weight is 225 g/mol. The summed E-state index contributed by atoms with van der Waals surface area (Å²) in [7, 11) is 2.00. The third kappa shape index (κ3) is 2.30. The molecule has 0 bridgehead atoms. The fourth-order valence-corrected chi connectivity index (χ4v) is 3.14. The highest BCUT2D eigenvalue weighted by atomic mass is 32.2. The summed E-state index contributed by atoms with van der Waals surface area (Å²) in [5.74, 6) is 2.58. The second-order valence-electron chi connectivity index (χ2n) is 4.20. The first-order valence-corrected chi connectivity index (χ1v) is 6.68. The van der Waals surface area contributed by atoms with E-state index in [1.807, 2.05) is 11.7 Å². The van der Waals surface area contributed by atoms with Gasteiger partial charge >= 0.3 is 0 Å². The number of anilines is 1. The summed E-state index contributed by atoms with van der Waals surface area (Å²) in [4.78, 5) is 0. The molecule has 2 rings (SSSR count). The predicted molar refractivity (Wildman–Crippen MR) is 66.7 cm³/mol. The van der Waals surface area contributed by atoms with Crippen LogP contribution in [0.3, 0.4) is 0 Å². The first kappa shape index (κ1) is 10.9. The van der Waals surface area contributed by atoms with E-state index in [1.54, 1.807) is 0 Å². The van der Waals surface area contributed by atoms with Gasteiger partial charge in [0.15, 0.2) is 0 Å². The van der Waals surface area contributed by atoms with Crippen LogP contribution in [0.2, 0.25) is 0 Å². The van der Waals surface area contributed by atoms with Gasteiger partial charge in [0.05, 0.1) is 17.1 Å². The lowest BCUT2D eigenvalue weighted by Gasteiger charge is -2.23. The summed E-state index contributed by atoms with van der Waals surface area (Å²) >= 11 is 2.06. The minimum Gasteiger partial charge on any atom is -0.379 e. The maximum Gasteiger partial charge on any atom is 0.0827 e. The molecule has 1 aliphatic rings. The highest BCUT2D eigenvalue weighted by Crippen LogP contribution is 2.24. The van der Waals surface area contributed by atoms with E-state index in [2.05, 4.69) is 36.0 Å². The molecule has 0 atom stereocenters. The molecule has 1 aliphatic heterocycles. The third-order valence-corrected chi connectivity index (χ3v) is 4.13. The number of nitrogens with one attached hydrogen (secondary N) is 1. The summed E-state index contributed by atoms with van der Waals surface area (Å²) in [6, 6.07) is 0.646. The van der Waals surface area contributed by atoms with Crippen LogP contribution in [0.5, 0.6) is 0 Å². The van der Waals surface area contributed by atoms with Crippen LogP contribution in [0.25, 0.3) is 0 Å². The number of aromatic nitrogens is 2. The monoisotopic (exact) mass is 225 g/mol. The Labute approximate surface area is 95.6 Å². The SMILES string of the molecule is Cc1nn(C)c(C)c1NC1CCSCC1. The van der Waals surface area contributed by atoms with E-state index in [1.165, 1.54) is 35.7 Å². The molecule has 2 heterocycles. The van der Waals surface area contributed by atoms with Crippen molar-refractivity contribution in [2.75, 3.05) is 16.8 Å². The van der Waals surface area contributed by atoms with Crippen molar-refractivity contribution in [3.8, 4) is 0 Å². The van der Waals surface area contributed by atoms with Crippen molar-refractivity contribution in [1.29, 1.82) is 0 Å². The summed E-state index contributed by atoms with van der Waals surface area (Å²) in [6.07, 6.45) is 2.55. The molecule has 0 aromatic carbocycles. The maximum absolute atomic E-state index is 4.43. The molecular formula is C11H19N3S. The van der Waals surface area contributed by atoms with Gasteiger partial charge in [0.1, 0.15) is 0 Å². The standard InChI is InChI=1S/C11H19N3S/c1-8-11(9(2)14(3)13-8)12-10-4-6-15-7-5-10/h10,12H,4-7H2,1-3H3. The largest absolute Gasteiger partial charge is 0.379 e. The molecule has 3 nitrogen and oxygen atoms in total. The maximum atomic E-state index is 4.43. The Kier molecular flexibility index (Phi) is 3.24. The van der Waals surface area contributed by atoms with Gasteiger partial charge in [-0.05, 0) is 38.2 Å². The molecule has 1 saturated heterocycles. The molecule has 0 saturated carbocycles. The van der Waals surface area contributed by atoms with E-state index in [9.17, 15) is 0 Å². The van der Waals surface area contributed by atoms with Crippen LogP contribution >= 0.6 is 11.8 Å². The normalized spacial score (nSPS) is 18.1. The van der Waals surface area contributed by atoms with Crippen molar-refractivity contribution in [2.45, 2.75) is 32.7 Å². The lowest BCUT2D eigenvalue weighted by Crippen LogP contribution is -2.25. The Balaban J connectivity index is 2.09. The highest BCUT2D eigenvalue weighted by molar-refractivity contribution is 7.99. The molecule has 84 valence electrons. The van der Waals surface area contributed by atoms with E-state index in [0.29, 0.717) is 6.04 Å². The van der Waals surface area contributed by atoms with Gasteiger partial charge in [-0.3, -0.25) is 4.68 Å². The quantitative estimate of drug-likeness (QED) is 0.838. The molecule has 1 fully saturated rings. The fourth-order valence-electron chi connectivity index (χ4n) is 2.03. The fraction of sp³-hybridized carbons (Fsp3) is 0.727. The molecule has 0 unspecified atom stereocenters. The Bertz CT molecular complexity index is 340. The zero-order chi connectivity index (χ0) is 10.8. The second-order valence-corrected chi connectivity index (χ2v) is 5.43. The number of hydrogen-bond acceptors (Lipinski definition) is 3. The molecule has 0 amide bonds. The minimum absolute atomic E-state index is 0.646. The van der Waals surface area contributed by atoms with E-state index >= 15 is 0 Å². The average Bonchev–Trinajstić information content (AvgIpc) is 2.47. The number of nitrogens with zero attached hydrogens (tertiary/aromatic N) is 2. The van der Waals surface area contributed by atoms with Gasteiger partial charge in [-0.1, -0.05) is 0 Å². The molecule has 0 radical (unpaired) electrons. The van der Waals surface area contributed by atoms with Crippen molar-refractivity contribution in [3.05, 3.63) is 11.4 Å². The summed E-state index contributed by atoms with van der Waals surface area (Å²) < 4.78 is 1.95. The molecule has 1 aromatic rings. The zero-order valence-corrected chi connectivity index (χ0v) is 10.5. The predicted octanol–water partition coefficient (Wildman–Crippen LogP) is 2.34. The van der Waals surface area contributed by atoms with E-state index < -0.39 is 0 Å². The van der Waals surface area contributed by atoms with Gasteiger partial charge in [-0.2, -0.15) is 16.9 Å². The van der Waals surface area contributed by atoms with Gasteiger partial charge in [0, 0.05) is 13.1 Å². The van der Waals surface area contributed by atoms with Crippen molar-refractivity contribution >= 4 is 17.4 Å². The lowest BCUT2D eigenvalue weighted by atomic mass is 10.1. The topological polar surface area (TPSA) is 29.9 Å². The van der Waals surface area contributed by atoms with E-state index in [-0.39, 0.29) is 0 Å². The molecule has 4 heteroatoms. The molecule has 1 aromatic heterocycles. The van der Waals surface area contributed by atoms with Crippen LogP contribution in [0.1, 0.15) is 24.2 Å². The van der Waals surface area contributed by atoms with Gasteiger partial charge < -0.3 is 5.32 Å². The van der Waals surface area contributed by atoms with Gasteiger partial charge in [-0.15, -0.1) is 0 Å². The van der Waals surface area contributed by atoms with Crippen LogP contribution in [-0.2, 0) is 7.05 Å². The molecule has 15 heavy (non-hydrogen) atoms. The molecular weight excluding hydrogens is 206 g/mol. The van der Waals surface area contributed by atoms with Crippen molar-refractivity contribution in [2.24, 2.45) is 7.05 Å². The summed E-state index contributed by atoms with van der Waals surface area (Å²) in [5, 5.41) is 8.07. The number of hydrogen-bond donors (Lipinski definition) is 1.